The Hall–Kier alpha value is -0.860. The van der Waals surface area contributed by atoms with E-state index in [0.29, 0.717) is 37.2 Å². The van der Waals surface area contributed by atoms with Crippen LogP contribution in [0.5, 0.6) is 0 Å². The van der Waals surface area contributed by atoms with Crippen molar-refractivity contribution >= 4 is 21.8 Å². The van der Waals surface area contributed by atoms with Crippen molar-refractivity contribution < 1.29 is 34.9 Å². The van der Waals surface area contributed by atoms with Crippen LogP contribution in [-0.2, 0) is 14.6 Å². The van der Waals surface area contributed by atoms with Crippen molar-refractivity contribution in [2.75, 3.05) is 50.8 Å². The Morgan fingerprint density at radius 1 is 1.19 bits per heavy atom. The molecule has 3 heterocycles. The number of fused-ring (bicyclic) bond motifs is 1. The number of rotatable bonds is 1. The van der Waals surface area contributed by atoms with Crippen molar-refractivity contribution in [1.82, 2.24) is 9.80 Å². The summed E-state index contributed by atoms with van der Waals surface area (Å²) >= 11 is 0. The number of imide groups is 1. The number of quaternary nitrogens is 1. The minimum Gasteiger partial charge on any atom is -1.00 e. The van der Waals surface area contributed by atoms with E-state index in [1.54, 1.807) is 11.8 Å². The molecule has 0 aromatic carbocycles. The molecule has 0 saturated carbocycles. The molecule has 3 aliphatic rings. The van der Waals surface area contributed by atoms with E-state index in [0.717, 1.165) is 6.54 Å². The van der Waals surface area contributed by atoms with Crippen LogP contribution in [0, 0.1) is 0 Å². The molecule has 120 valence electrons. The first-order chi connectivity index (χ1) is 9.37. The van der Waals surface area contributed by atoms with Crippen molar-refractivity contribution in [1.29, 1.82) is 0 Å². The van der Waals surface area contributed by atoms with Crippen LogP contribution in [-0.4, -0.2) is 91.5 Å². The van der Waals surface area contributed by atoms with Crippen LogP contribution < -0.4 is 12.4 Å². The molecule has 0 bridgehead atoms. The van der Waals surface area contributed by atoms with Crippen molar-refractivity contribution in [3.63, 3.8) is 0 Å². The van der Waals surface area contributed by atoms with Gasteiger partial charge in [-0.05, 0) is 6.92 Å². The van der Waals surface area contributed by atoms with E-state index in [1.165, 1.54) is 4.90 Å². The summed E-state index contributed by atoms with van der Waals surface area (Å²) in [4.78, 5) is 27.3. The molecule has 7 nitrogen and oxygen atoms in total. The van der Waals surface area contributed by atoms with Gasteiger partial charge in [0.15, 0.2) is 15.9 Å². The Labute approximate surface area is 130 Å². The Kier molecular flexibility index (Phi) is 4.25. The maximum Gasteiger partial charge on any atom is 0.327 e. The maximum atomic E-state index is 12.3. The lowest BCUT2D eigenvalue weighted by molar-refractivity contribution is -0.930. The molecule has 0 aliphatic carbocycles. The number of hydrogen-bond donors (Lipinski definition) is 0. The number of likely N-dealkylation sites (N-methyl/N-ethyl adjacent to an activating group) is 1. The van der Waals surface area contributed by atoms with E-state index in [9.17, 15) is 18.0 Å². The van der Waals surface area contributed by atoms with Gasteiger partial charge >= 0.3 is 6.03 Å². The molecule has 1 unspecified atom stereocenters. The third kappa shape index (κ3) is 2.64. The lowest BCUT2D eigenvalue weighted by atomic mass is 10.1. The third-order valence-electron chi connectivity index (χ3n) is 4.85. The van der Waals surface area contributed by atoms with E-state index in [1.807, 2.05) is 0 Å². The molecular weight excluding hydrogens is 318 g/mol. The molecule has 1 spiro atoms. The van der Waals surface area contributed by atoms with Crippen LogP contribution in [0.1, 0.15) is 6.92 Å². The predicted octanol–water partition coefficient (Wildman–Crippen LogP) is -4.10. The number of carbonyl (C=O) groups is 2. The van der Waals surface area contributed by atoms with Crippen molar-refractivity contribution in [3.05, 3.63) is 0 Å². The zero-order valence-electron chi connectivity index (χ0n) is 12.0. The van der Waals surface area contributed by atoms with E-state index in [-0.39, 0.29) is 35.9 Å². The molecule has 3 fully saturated rings. The molecule has 0 aromatic rings. The molecule has 3 amide bonds. The van der Waals surface area contributed by atoms with Crippen molar-refractivity contribution in [3.8, 4) is 0 Å². The quantitative estimate of drug-likeness (QED) is 0.360. The summed E-state index contributed by atoms with van der Waals surface area (Å²) in [6, 6.07) is -0.581. The summed E-state index contributed by atoms with van der Waals surface area (Å²) < 4.78 is 23.8. The fraction of sp³-hybridized carbons (Fsp3) is 0.833. The smallest absolute Gasteiger partial charge is 0.327 e. The molecule has 21 heavy (non-hydrogen) atoms. The van der Waals surface area contributed by atoms with Gasteiger partial charge in [-0.2, -0.15) is 0 Å². The SMILES string of the molecule is CCN1C(=O)C2C[N+]3(CCN2C1=O)CCS(=O)(=O)CC3.[Cl-]. The van der Waals surface area contributed by atoms with Crippen LogP contribution in [0.4, 0.5) is 4.79 Å². The normalized spacial score (nSPS) is 30.2. The van der Waals surface area contributed by atoms with Crippen LogP contribution in [0.2, 0.25) is 0 Å². The Morgan fingerprint density at radius 3 is 2.38 bits per heavy atom. The van der Waals surface area contributed by atoms with Gasteiger partial charge in [0.25, 0.3) is 5.91 Å². The molecule has 3 saturated heterocycles. The van der Waals surface area contributed by atoms with Crippen LogP contribution in [0.25, 0.3) is 0 Å². The summed E-state index contributed by atoms with van der Waals surface area (Å²) in [6.45, 7) is 5.20. The molecule has 0 aromatic heterocycles. The first kappa shape index (κ1) is 16.5. The van der Waals surface area contributed by atoms with Crippen molar-refractivity contribution in [2.24, 2.45) is 0 Å². The summed E-state index contributed by atoms with van der Waals surface area (Å²) in [6.07, 6.45) is 0. The highest BCUT2D eigenvalue weighted by atomic mass is 35.5. The van der Waals surface area contributed by atoms with Gasteiger partial charge in [0.05, 0.1) is 37.7 Å². The third-order valence-corrected chi connectivity index (χ3v) is 6.46. The first-order valence-corrected chi connectivity index (χ1v) is 8.87. The second-order valence-electron chi connectivity index (χ2n) is 5.92. The summed E-state index contributed by atoms with van der Waals surface area (Å²) in [5.74, 6) is 0.265. The number of hydrogen-bond acceptors (Lipinski definition) is 4. The highest BCUT2D eigenvalue weighted by Gasteiger charge is 2.53. The topological polar surface area (TPSA) is 74.8 Å². The number of sulfone groups is 1. The lowest BCUT2D eigenvalue weighted by Crippen LogP contribution is -3.00. The van der Waals surface area contributed by atoms with Gasteiger partial charge in [0.2, 0.25) is 0 Å². The highest BCUT2D eigenvalue weighted by Crippen LogP contribution is 2.27. The van der Waals surface area contributed by atoms with E-state index >= 15 is 0 Å². The van der Waals surface area contributed by atoms with Crippen LogP contribution in [0.3, 0.4) is 0 Å². The largest absolute Gasteiger partial charge is 1.00 e. The summed E-state index contributed by atoms with van der Waals surface area (Å²) in [7, 11) is -2.91. The lowest BCUT2D eigenvalue weighted by Gasteiger charge is -2.47. The van der Waals surface area contributed by atoms with Gasteiger partial charge in [-0.15, -0.1) is 0 Å². The molecule has 0 N–H and O–H groups in total. The molecule has 3 rings (SSSR count). The van der Waals surface area contributed by atoms with Gasteiger partial charge in [-0.3, -0.25) is 9.69 Å². The number of nitrogens with zero attached hydrogens (tertiary/aromatic N) is 3. The van der Waals surface area contributed by atoms with E-state index in [4.69, 9.17) is 0 Å². The second-order valence-corrected chi connectivity index (χ2v) is 8.22. The average molecular weight is 338 g/mol. The second kappa shape index (κ2) is 5.40. The molecule has 9 heteroatoms. The Bertz CT molecular complexity index is 551. The number of piperazine rings is 1. The van der Waals surface area contributed by atoms with Gasteiger partial charge < -0.3 is 21.8 Å². The Balaban J connectivity index is 0.00000161. The Morgan fingerprint density at radius 2 is 1.81 bits per heavy atom. The van der Waals surface area contributed by atoms with Gasteiger partial charge in [0, 0.05) is 6.54 Å². The monoisotopic (exact) mass is 337 g/mol. The molecule has 0 radical (unpaired) electrons. The van der Waals surface area contributed by atoms with Gasteiger partial charge in [0.1, 0.15) is 6.54 Å². The minimum atomic E-state index is -2.91. The fourth-order valence-electron chi connectivity index (χ4n) is 3.48. The maximum absolute atomic E-state index is 12.3. The van der Waals surface area contributed by atoms with Crippen LogP contribution in [0.15, 0.2) is 0 Å². The molecule has 3 aliphatic heterocycles. The minimum absolute atomic E-state index is 0. The zero-order chi connectivity index (χ0) is 14.5. The summed E-state index contributed by atoms with van der Waals surface area (Å²) in [5, 5.41) is 0. The number of amides is 3. The predicted molar refractivity (Wildman–Crippen MR) is 71.7 cm³/mol. The number of halogens is 1. The number of carbonyl (C=O) groups excluding carboxylic acids is 2. The first-order valence-electron chi connectivity index (χ1n) is 7.05. The molecular formula is C12H20ClN3O4S. The average Bonchev–Trinajstić information content (AvgIpc) is 2.65. The fourth-order valence-corrected chi connectivity index (χ4v) is 5.01. The highest BCUT2D eigenvalue weighted by molar-refractivity contribution is 7.91. The zero-order valence-corrected chi connectivity index (χ0v) is 13.6. The van der Waals surface area contributed by atoms with E-state index in [2.05, 4.69) is 0 Å². The van der Waals surface area contributed by atoms with Crippen LogP contribution >= 0.6 is 0 Å². The molecule has 1 atom stereocenters. The number of urea groups is 1. The standard InChI is InChI=1S/C12H20N3O4S.ClH/c1-2-13-11(16)10-9-15(4-3-14(10)12(13)17)5-7-20(18,19)8-6-15;/h10H,2-9H2,1H3;1H/q+1;/p-1. The summed E-state index contributed by atoms with van der Waals surface area (Å²) in [5.41, 5.74) is 0. The van der Waals surface area contributed by atoms with Crippen molar-refractivity contribution in [2.45, 2.75) is 13.0 Å². The van der Waals surface area contributed by atoms with E-state index < -0.39 is 15.9 Å². The van der Waals surface area contributed by atoms with Gasteiger partial charge in [-0.1, -0.05) is 0 Å². The van der Waals surface area contributed by atoms with Gasteiger partial charge in [-0.25, -0.2) is 13.2 Å².